The van der Waals surface area contributed by atoms with Crippen LogP contribution < -0.4 is 5.32 Å². The van der Waals surface area contributed by atoms with E-state index in [1.807, 2.05) is 42.6 Å². The Labute approximate surface area is 188 Å². The largest absolute Gasteiger partial charge is 0.377 e. The van der Waals surface area contributed by atoms with E-state index in [9.17, 15) is 4.79 Å². The van der Waals surface area contributed by atoms with Gasteiger partial charge in [-0.25, -0.2) is 4.98 Å². The van der Waals surface area contributed by atoms with Crippen LogP contribution in [-0.2, 0) is 22.4 Å². The molecule has 1 aromatic carbocycles. The van der Waals surface area contributed by atoms with Crippen molar-refractivity contribution in [2.24, 2.45) is 5.41 Å². The van der Waals surface area contributed by atoms with Crippen molar-refractivity contribution in [3.8, 4) is 0 Å². The summed E-state index contributed by atoms with van der Waals surface area (Å²) in [5, 5.41) is 3.05. The minimum absolute atomic E-state index is 0.0905. The second kappa shape index (κ2) is 9.38. The van der Waals surface area contributed by atoms with E-state index >= 15 is 0 Å². The van der Waals surface area contributed by atoms with E-state index in [0.29, 0.717) is 19.5 Å². The molecule has 0 bridgehead atoms. The number of piperidine rings is 1. The molecule has 0 radical (unpaired) electrons. The standard InChI is InChI=1S/C25H31N5O2/c31-24(27-12-8-23-28-21-6-1-2-7-22(21)29-23)17-30-13-9-25(10-14-30)16-20(32-18-25)15-19-5-3-4-11-26-19/h1-7,11,20H,8-10,12-18H2,(H,27,31)(H,28,29)/t20-/m0/s1. The van der Waals surface area contributed by atoms with Gasteiger partial charge in [0.25, 0.3) is 0 Å². The molecule has 0 saturated carbocycles. The number of aromatic nitrogens is 3. The van der Waals surface area contributed by atoms with Gasteiger partial charge in [0.2, 0.25) is 5.91 Å². The summed E-state index contributed by atoms with van der Waals surface area (Å²) in [7, 11) is 0. The van der Waals surface area contributed by atoms with Gasteiger partial charge in [-0.2, -0.15) is 0 Å². The number of imidazole rings is 1. The van der Waals surface area contributed by atoms with Gasteiger partial charge < -0.3 is 15.0 Å². The van der Waals surface area contributed by atoms with Gasteiger partial charge in [-0.15, -0.1) is 0 Å². The van der Waals surface area contributed by atoms with Crippen LogP contribution in [0, 0.1) is 5.41 Å². The van der Waals surface area contributed by atoms with Crippen molar-refractivity contribution >= 4 is 16.9 Å². The smallest absolute Gasteiger partial charge is 0.234 e. The molecule has 7 nitrogen and oxygen atoms in total. The molecule has 2 aromatic heterocycles. The molecule has 168 valence electrons. The number of benzene rings is 1. The fourth-order valence-corrected chi connectivity index (χ4v) is 5.02. The van der Waals surface area contributed by atoms with Crippen LogP contribution in [0.3, 0.4) is 0 Å². The van der Waals surface area contributed by atoms with E-state index in [2.05, 4.69) is 31.2 Å². The highest BCUT2D eigenvalue weighted by atomic mass is 16.5. The summed E-state index contributed by atoms with van der Waals surface area (Å²) in [6, 6.07) is 14.0. The van der Waals surface area contributed by atoms with Gasteiger partial charge in [-0.05, 0) is 62.0 Å². The van der Waals surface area contributed by atoms with Gasteiger partial charge in [0.05, 0.1) is 30.3 Å². The lowest BCUT2D eigenvalue weighted by Gasteiger charge is -2.38. The molecule has 1 amide bonds. The van der Waals surface area contributed by atoms with Crippen LogP contribution in [0.2, 0.25) is 0 Å². The molecular formula is C25H31N5O2. The predicted octanol–water partition coefficient (Wildman–Crippen LogP) is 2.73. The first kappa shape index (κ1) is 21.1. The summed E-state index contributed by atoms with van der Waals surface area (Å²) in [6.45, 7) is 3.81. The van der Waals surface area contributed by atoms with Crippen molar-refractivity contribution in [2.45, 2.75) is 38.2 Å². The van der Waals surface area contributed by atoms with Crippen molar-refractivity contribution in [2.75, 3.05) is 32.8 Å². The number of H-pyrrole nitrogens is 1. The molecule has 2 N–H and O–H groups in total. The van der Waals surface area contributed by atoms with Crippen LogP contribution in [0.5, 0.6) is 0 Å². The second-order valence-corrected chi connectivity index (χ2v) is 9.24. The zero-order chi connectivity index (χ0) is 21.8. The molecule has 2 aliphatic rings. The molecule has 0 aliphatic carbocycles. The highest BCUT2D eigenvalue weighted by molar-refractivity contribution is 5.78. The van der Waals surface area contributed by atoms with Gasteiger partial charge >= 0.3 is 0 Å². The number of hydrogen-bond acceptors (Lipinski definition) is 5. The van der Waals surface area contributed by atoms with Crippen molar-refractivity contribution in [1.29, 1.82) is 0 Å². The quantitative estimate of drug-likeness (QED) is 0.599. The molecule has 1 spiro atoms. The summed E-state index contributed by atoms with van der Waals surface area (Å²) >= 11 is 0. The highest BCUT2D eigenvalue weighted by Crippen LogP contribution is 2.42. The normalized spacial score (nSPS) is 20.7. The number of fused-ring (bicyclic) bond motifs is 1. The molecule has 2 fully saturated rings. The zero-order valence-corrected chi connectivity index (χ0v) is 18.4. The third-order valence-electron chi connectivity index (χ3n) is 6.86. The first-order valence-corrected chi connectivity index (χ1v) is 11.6. The van der Waals surface area contributed by atoms with Crippen molar-refractivity contribution < 1.29 is 9.53 Å². The molecule has 5 rings (SSSR count). The summed E-state index contributed by atoms with van der Waals surface area (Å²) in [5.41, 5.74) is 3.38. The van der Waals surface area contributed by atoms with Gasteiger partial charge in [0, 0.05) is 31.3 Å². The Kier molecular flexibility index (Phi) is 6.19. The van der Waals surface area contributed by atoms with Crippen molar-refractivity contribution in [3.05, 3.63) is 60.2 Å². The Balaban J connectivity index is 1.03. The summed E-state index contributed by atoms with van der Waals surface area (Å²) in [4.78, 5) is 27.0. The molecule has 3 aromatic rings. The molecular weight excluding hydrogens is 402 g/mol. The maximum atomic E-state index is 12.4. The lowest BCUT2D eigenvalue weighted by molar-refractivity contribution is -0.122. The number of nitrogens with one attached hydrogen (secondary N) is 2. The van der Waals surface area contributed by atoms with Crippen molar-refractivity contribution in [1.82, 2.24) is 25.2 Å². The molecule has 4 heterocycles. The molecule has 2 aliphatic heterocycles. The number of rotatable bonds is 7. The Bertz CT molecular complexity index is 1010. The SMILES string of the molecule is O=C(CN1CCC2(CC1)CO[C@@H](Cc1ccccn1)C2)NCCc1nc2ccccc2[nH]1. The van der Waals surface area contributed by atoms with Gasteiger partial charge in [-0.3, -0.25) is 14.7 Å². The lowest BCUT2D eigenvalue weighted by Crippen LogP contribution is -2.45. The first-order valence-electron chi connectivity index (χ1n) is 11.6. The van der Waals surface area contributed by atoms with Crippen LogP contribution in [0.15, 0.2) is 48.7 Å². The second-order valence-electron chi connectivity index (χ2n) is 9.24. The van der Waals surface area contributed by atoms with Gasteiger partial charge in [0.15, 0.2) is 0 Å². The highest BCUT2D eigenvalue weighted by Gasteiger charge is 2.42. The number of para-hydroxylation sites is 2. The van der Waals surface area contributed by atoms with Crippen LogP contribution in [0.1, 0.15) is 30.8 Å². The Morgan fingerprint density at radius 3 is 2.84 bits per heavy atom. The maximum absolute atomic E-state index is 12.4. The van der Waals surface area contributed by atoms with E-state index in [4.69, 9.17) is 4.74 Å². The number of carbonyl (C=O) groups is 1. The van der Waals surface area contributed by atoms with Gasteiger partial charge in [0.1, 0.15) is 5.82 Å². The third kappa shape index (κ3) is 5.00. The number of carbonyl (C=O) groups excluding carboxylic acids is 1. The summed E-state index contributed by atoms with van der Waals surface area (Å²) in [6.07, 6.45) is 6.99. The Morgan fingerprint density at radius 1 is 1.19 bits per heavy atom. The zero-order valence-electron chi connectivity index (χ0n) is 18.4. The van der Waals surface area contributed by atoms with E-state index in [-0.39, 0.29) is 17.4 Å². The van der Waals surface area contributed by atoms with Crippen LogP contribution in [0.25, 0.3) is 11.0 Å². The topological polar surface area (TPSA) is 83.1 Å². The fraction of sp³-hybridized carbons (Fsp3) is 0.480. The lowest BCUT2D eigenvalue weighted by atomic mass is 9.76. The summed E-state index contributed by atoms with van der Waals surface area (Å²) in [5.74, 6) is 1.00. The molecule has 1 atom stereocenters. The van der Waals surface area contributed by atoms with Crippen LogP contribution >= 0.6 is 0 Å². The van der Waals surface area contributed by atoms with E-state index < -0.39 is 0 Å². The van der Waals surface area contributed by atoms with E-state index in [0.717, 1.165) is 67.9 Å². The molecule has 7 heteroatoms. The minimum atomic E-state index is 0.0905. The average Bonchev–Trinajstić information content (AvgIpc) is 3.40. The number of aromatic amines is 1. The molecule has 0 unspecified atom stereocenters. The number of nitrogens with zero attached hydrogens (tertiary/aromatic N) is 3. The number of likely N-dealkylation sites (tertiary alicyclic amines) is 1. The number of ether oxygens (including phenoxy) is 1. The third-order valence-corrected chi connectivity index (χ3v) is 6.86. The maximum Gasteiger partial charge on any atom is 0.234 e. The summed E-state index contributed by atoms with van der Waals surface area (Å²) < 4.78 is 6.14. The number of hydrogen-bond donors (Lipinski definition) is 2. The molecule has 32 heavy (non-hydrogen) atoms. The first-order chi connectivity index (χ1) is 15.7. The van der Waals surface area contributed by atoms with Crippen LogP contribution in [0.4, 0.5) is 0 Å². The number of pyridine rings is 1. The Hall–Kier alpha value is -2.77. The van der Waals surface area contributed by atoms with Gasteiger partial charge in [-0.1, -0.05) is 18.2 Å². The predicted molar refractivity (Wildman–Crippen MR) is 123 cm³/mol. The Morgan fingerprint density at radius 2 is 2.03 bits per heavy atom. The molecule has 2 saturated heterocycles. The fourth-order valence-electron chi connectivity index (χ4n) is 5.02. The van der Waals surface area contributed by atoms with E-state index in [1.165, 1.54) is 0 Å². The van der Waals surface area contributed by atoms with Crippen molar-refractivity contribution in [3.63, 3.8) is 0 Å². The number of amides is 1. The monoisotopic (exact) mass is 433 g/mol. The van der Waals surface area contributed by atoms with E-state index in [1.54, 1.807) is 0 Å². The average molecular weight is 434 g/mol. The van der Waals surface area contributed by atoms with Crippen LogP contribution in [-0.4, -0.2) is 64.6 Å². The minimum Gasteiger partial charge on any atom is -0.377 e.